The van der Waals surface area contributed by atoms with Gasteiger partial charge in [-0.2, -0.15) is 0 Å². The van der Waals surface area contributed by atoms with Crippen LogP contribution in [0.3, 0.4) is 0 Å². The van der Waals surface area contributed by atoms with Crippen LogP contribution in [0.5, 0.6) is 11.5 Å². The van der Waals surface area contributed by atoms with Crippen LogP contribution in [0.2, 0.25) is 0 Å². The molecule has 0 bridgehead atoms. The van der Waals surface area contributed by atoms with E-state index >= 15 is 0 Å². The van der Waals surface area contributed by atoms with Crippen molar-refractivity contribution < 1.29 is 19.0 Å². The number of rotatable bonds is 7. The molecule has 1 amide bonds. The van der Waals surface area contributed by atoms with Crippen molar-refractivity contribution in [3.8, 4) is 22.8 Å². The van der Waals surface area contributed by atoms with Crippen molar-refractivity contribution >= 4 is 11.7 Å². The molecular weight excluding hydrogens is 408 g/mol. The topological polar surface area (TPSA) is 85.8 Å². The molecular formula is C24H26N4O4. The Morgan fingerprint density at radius 1 is 1.03 bits per heavy atom. The predicted molar refractivity (Wildman–Crippen MR) is 121 cm³/mol. The fraction of sp³-hybridized carbons (Fsp3) is 0.292. The van der Waals surface area contributed by atoms with Gasteiger partial charge in [-0.3, -0.25) is 4.79 Å². The van der Waals surface area contributed by atoms with E-state index in [0.29, 0.717) is 36.8 Å². The molecule has 1 fully saturated rings. The fourth-order valence-corrected chi connectivity index (χ4v) is 3.56. The standard InChI is InChI=1S/C24H26N4O4/c1-30-20-7-8-22(31-2)19(13-20)15-25-24(29)18-5-3-17(4-6-18)21-14-23(27-16-26-21)28-9-11-32-12-10-28/h3-8,13-14,16H,9-12,15H2,1-2H3,(H,25,29). The molecule has 1 aliphatic rings. The van der Waals surface area contributed by atoms with E-state index in [0.717, 1.165) is 35.7 Å². The molecule has 4 rings (SSSR count). The van der Waals surface area contributed by atoms with Gasteiger partial charge in [0, 0.05) is 42.4 Å². The highest BCUT2D eigenvalue weighted by atomic mass is 16.5. The Morgan fingerprint density at radius 3 is 2.53 bits per heavy atom. The van der Waals surface area contributed by atoms with Gasteiger partial charge in [0.25, 0.3) is 5.91 Å². The molecule has 8 heteroatoms. The molecule has 8 nitrogen and oxygen atoms in total. The summed E-state index contributed by atoms with van der Waals surface area (Å²) < 4.78 is 16.0. The summed E-state index contributed by atoms with van der Waals surface area (Å²) in [7, 11) is 3.21. The van der Waals surface area contributed by atoms with Gasteiger partial charge < -0.3 is 24.4 Å². The van der Waals surface area contributed by atoms with Crippen LogP contribution in [0, 0.1) is 0 Å². The van der Waals surface area contributed by atoms with Crippen LogP contribution in [0.1, 0.15) is 15.9 Å². The monoisotopic (exact) mass is 434 g/mol. The molecule has 0 spiro atoms. The van der Waals surface area contributed by atoms with Gasteiger partial charge in [-0.25, -0.2) is 9.97 Å². The molecule has 3 aromatic rings. The average Bonchev–Trinajstić information content (AvgIpc) is 2.87. The number of morpholine rings is 1. The largest absolute Gasteiger partial charge is 0.497 e. The van der Waals surface area contributed by atoms with Crippen LogP contribution in [0.15, 0.2) is 54.9 Å². The molecule has 1 aliphatic heterocycles. The summed E-state index contributed by atoms with van der Waals surface area (Å²) in [5.74, 6) is 2.12. The normalized spacial score (nSPS) is 13.5. The summed E-state index contributed by atoms with van der Waals surface area (Å²) in [6.07, 6.45) is 1.57. The number of carbonyl (C=O) groups is 1. The highest BCUT2D eigenvalue weighted by molar-refractivity contribution is 5.94. The number of anilines is 1. The number of methoxy groups -OCH3 is 2. The van der Waals surface area contributed by atoms with E-state index in [1.54, 1.807) is 32.7 Å². The summed E-state index contributed by atoms with van der Waals surface area (Å²) in [4.78, 5) is 23.6. The molecule has 0 aliphatic carbocycles. The number of aromatic nitrogens is 2. The van der Waals surface area contributed by atoms with Crippen LogP contribution in [-0.4, -0.2) is 56.4 Å². The molecule has 32 heavy (non-hydrogen) atoms. The van der Waals surface area contributed by atoms with Crippen LogP contribution in [0.4, 0.5) is 5.82 Å². The Kier molecular flexibility index (Phi) is 6.81. The van der Waals surface area contributed by atoms with Crippen molar-refractivity contribution in [3.63, 3.8) is 0 Å². The van der Waals surface area contributed by atoms with Gasteiger partial charge in [-0.05, 0) is 30.3 Å². The van der Waals surface area contributed by atoms with Crippen LogP contribution < -0.4 is 19.7 Å². The zero-order chi connectivity index (χ0) is 22.3. The number of hydrogen-bond acceptors (Lipinski definition) is 7. The third-order valence-electron chi connectivity index (χ3n) is 5.36. The second kappa shape index (κ2) is 10.1. The van der Waals surface area contributed by atoms with Crippen LogP contribution in [0.25, 0.3) is 11.3 Å². The Balaban J connectivity index is 1.43. The van der Waals surface area contributed by atoms with Crippen molar-refractivity contribution in [2.24, 2.45) is 0 Å². The van der Waals surface area contributed by atoms with Crippen LogP contribution in [-0.2, 0) is 11.3 Å². The van der Waals surface area contributed by atoms with E-state index in [-0.39, 0.29) is 5.91 Å². The summed E-state index contributed by atoms with van der Waals surface area (Å²) in [5, 5.41) is 2.93. The molecule has 1 saturated heterocycles. The van der Waals surface area contributed by atoms with Gasteiger partial charge >= 0.3 is 0 Å². The highest BCUT2D eigenvalue weighted by Crippen LogP contribution is 2.24. The summed E-state index contributed by atoms with van der Waals surface area (Å²) in [6.45, 7) is 3.35. The number of ether oxygens (including phenoxy) is 3. The van der Waals surface area contributed by atoms with Crippen molar-refractivity contribution in [2.45, 2.75) is 6.54 Å². The number of carbonyl (C=O) groups excluding carboxylic acids is 1. The van der Waals surface area contributed by atoms with Gasteiger partial charge in [0.2, 0.25) is 0 Å². The van der Waals surface area contributed by atoms with E-state index in [9.17, 15) is 4.79 Å². The quantitative estimate of drug-likeness (QED) is 0.612. The van der Waals surface area contributed by atoms with Gasteiger partial charge in [0.15, 0.2) is 0 Å². The fourth-order valence-electron chi connectivity index (χ4n) is 3.56. The minimum absolute atomic E-state index is 0.168. The smallest absolute Gasteiger partial charge is 0.251 e. The van der Waals surface area contributed by atoms with E-state index < -0.39 is 0 Å². The number of hydrogen-bond donors (Lipinski definition) is 1. The lowest BCUT2D eigenvalue weighted by molar-refractivity contribution is 0.0950. The Morgan fingerprint density at radius 2 is 1.81 bits per heavy atom. The molecule has 0 radical (unpaired) electrons. The minimum Gasteiger partial charge on any atom is -0.497 e. The van der Waals surface area contributed by atoms with Gasteiger partial charge in [0.1, 0.15) is 23.6 Å². The minimum atomic E-state index is -0.168. The molecule has 0 saturated carbocycles. The first-order valence-corrected chi connectivity index (χ1v) is 10.4. The first-order valence-electron chi connectivity index (χ1n) is 10.4. The maximum atomic E-state index is 12.7. The Bertz CT molecular complexity index is 1070. The zero-order valence-electron chi connectivity index (χ0n) is 18.2. The van der Waals surface area contributed by atoms with Crippen molar-refractivity contribution in [2.75, 3.05) is 45.4 Å². The number of nitrogens with zero attached hydrogens (tertiary/aromatic N) is 3. The molecule has 1 aromatic heterocycles. The zero-order valence-corrected chi connectivity index (χ0v) is 18.2. The maximum Gasteiger partial charge on any atom is 0.251 e. The van der Waals surface area contributed by atoms with E-state index in [1.165, 1.54) is 0 Å². The molecule has 0 atom stereocenters. The first-order chi connectivity index (χ1) is 15.7. The highest BCUT2D eigenvalue weighted by Gasteiger charge is 2.14. The predicted octanol–water partition coefficient (Wildman–Crippen LogP) is 2.93. The van der Waals surface area contributed by atoms with Crippen LogP contribution >= 0.6 is 0 Å². The summed E-state index contributed by atoms with van der Waals surface area (Å²) in [6, 6.07) is 14.8. The Labute approximate surface area is 187 Å². The molecule has 0 unspecified atom stereocenters. The number of nitrogens with one attached hydrogen (secondary N) is 1. The van der Waals surface area contributed by atoms with E-state index in [1.807, 2.05) is 36.4 Å². The SMILES string of the molecule is COc1ccc(OC)c(CNC(=O)c2ccc(-c3cc(N4CCOCC4)ncn3)cc2)c1. The number of amides is 1. The lowest BCUT2D eigenvalue weighted by Crippen LogP contribution is -2.36. The lowest BCUT2D eigenvalue weighted by atomic mass is 10.1. The third-order valence-corrected chi connectivity index (χ3v) is 5.36. The molecule has 2 heterocycles. The van der Waals surface area contributed by atoms with Crippen molar-refractivity contribution in [3.05, 3.63) is 66.0 Å². The van der Waals surface area contributed by atoms with Gasteiger partial charge in [-0.1, -0.05) is 12.1 Å². The van der Waals surface area contributed by atoms with E-state index in [4.69, 9.17) is 14.2 Å². The average molecular weight is 434 g/mol. The summed E-state index contributed by atoms with van der Waals surface area (Å²) in [5.41, 5.74) is 3.15. The summed E-state index contributed by atoms with van der Waals surface area (Å²) >= 11 is 0. The Hall–Kier alpha value is -3.65. The lowest BCUT2D eigenvalue weighted by Gasteiger charge is -2.27. The second-order valence-electron chi connectivity index (χ2n) is 7.30. The maximum absolute atomic E-state index is 12.7. The second-order valence-corrected chi connectivity index (χ2v) is 7.30. The number of benzene rings is 2. The van der Waals surface area contributed by atoms with Crippen molar-refractivity contribution in [1.82, 2.24) is 15.3 Å². The first kappa shape index (κ1) is 21.6. The molecule has 2 aromatic carbocycles. The third kappa shape index (κ3) is 4.97. The molecule has 166 valence electrons. The van der Waals surface area contributed by atoms with Gasteiger partial charge in [-0.15, -0.1) is 0 Å². The van der Waals surface area contributed by atoms with Gasteiger partial charge in [0.05, 0.1) is 33.1 Å². The van der Waals surface area contributed by atoms with E-state index in [2.05, 4.69) is 20.2 Å². The van der Waals surface area contributed by atoms with Crippen molar-refractivity contribution in [1.29, 1.82) is 0 Å². The molecule has 1 N–H and O–H groups in total.